The highest BCUT2D eigenvalue weighted by molar-refractivity contribution is 5.99. The van der Waals surface area contributed by atoms with Gasteiger partial charge in [-0.05, 0) is 67.9 Å². The number of hydrogen-bond donors (Lipinski definition) is 1. The maximum atomic E-state index is 12.8. The Hall–Kier alpha value is -4.72. The van der Waals surface area contributed by atoms with Crippen LogP contribution in [0.25, 0.3) is 33.9 Å². The van der Waals surface area contributed by atoms with E-state index < -0.39 is 18.0 Å². The second-order valence-corrected chi connectivity index (χ2v) is 7.93. The number of carbonyl (C=O) groups is 2. The van der Waals surface area contributed by atoms with Crippen LogP contribution in [0, 0.1) is 6.92 Å². The van der Waals surface area contributed by atoms with Gasteiger partial charge in [-0.2, -0.15) is 0 Å². The van der Waals surface area contributed by atoms with Gasteiger partial charge < -0.3 is 18.9 Å². The number of rotatable bonds is 6. The highest BCUT2D eigenvalue weighted by Gasteiger charge is 2.21. The number of aryl methyl sites for hydroxylation is 1. The van der Waals surface area contributed by atoms with E-state index in [0.29, 0.717) is 39.6 Å². The number of fused-ring (bicyclic) bond motifs is 1. The second kappa shape index (κ2) is 9.26. The van der Waals surface area contributed by atoms with Gasteiger partial charge in [-0.3, -0.25) is 4.79 Å². The highest BCUT2D eigenvalue weighted by Crippen LogP contribution is 2.31. The van der Waals surface area contributed by atoms with E-state index >= 15 is 0 Å². The van der Waals surface area contributed by atoms with E-state index in [0.717, 1.165) is 5.56 Å². The normalized spacial score (nSPS) is 11.8. The van der Waals surface area contributed by atoms with Gasteiger partial charge in [0.25, 0.3) is 5.91 Å². The Morgan fingerprint density at radius 1 is 0.857 bits per heavy atom. The number of para-hydroxylation sites is 1. The molecule has 0 saturated heterocycles. The third kappa shape index (κ3) is 4.54. The van der Waals surface area contributed by atoms with E-state index in [2.05, 4.69) is 10.3 Å². The van der Waals surface area contributed by atoms with Crippen molar-refractivity contribution in [3.63, 3.8) is 0 Å². The van der Waals surface area contributed by atoms with Crippen molar-refractivity contribution in [2.24, 2.45) is 0 Å². The van der Waals surface area contributed by atoms with Crippen molar-refractivity contribution in [1.29, 1.82) is 0 Å². The maximum Gasteiger partial charge on any atom is 0.338 e. The Kier molecular flexibility index (Phi) is 5.85. The Morgan fingerprint density at radius 2 is 1.51 bits per heavy atom. The molecule has 1 amide bonds. The fourth-order valence-electron chi connectivity index (χ4n) is 3.58. The van der Waals surface area contributed by atoms with Crippen LogP contribution in [0.4, 0.5) is 5.69 Å². The quantitative estimate of drug-likeness (QED) is 0.322. The van der Waals surface area contributed by atoms with E-state index in [-0.39, 0.29) is 5.56 Å². The summed E-state index contributed by atoms with van der Waals surface area (Å²) in [6, 6.07) is 19.3. The zero-order valence-electron chi connectivity index (χ0n) is 19.0. The third-order valence-electron chi connectivity index (χ3n) is 5.47. The number of aromatic nitrogens is 2. The first kappa shape index (κ1) is 22.1. The lowest BCUT2D eigenvalue weighted by molar-refractivity contribution is -0.123. The average molecular weight is 467 g/mol. The molecule has 0 saturated carbocycles. The number of nitrogens with zero attached hydrogens (tertiary/aromatic N) is 2. The van der Waals surface area contributed by atoms with Gasteiger partial charge in [0.1, 0.15) is 11.4 Å². The largest absolute Gasteiger partial charge is 0.463 e. The number of hydrogen-bond acceptors (Lipinski definition) is 7. The zero-order valence-corrected chi connectivity index (χ0v) is 19.0. The van der Waals surface area contributed by atoms with Crippen LogP contribution in [0.15, 0.2) is 88.1 Å². The summed E-state index contributed by atoms with van der Waals surface area (Å²) in [5.41, 5.74) is 3.86. The molecule has 2 aromatic carbocycles. The van der Waals surface area contributed by atoms with Crippen LogP contribution in [0.1, 0.15) is 22.8 Å². The van der Waals surface area contributed by atoms with Gasteiger partial charge in [0.05, 0.1) is 29.1 Å². The molecule has 5 aromatic rings. The summed E-state index contributed by atoms with van der Waals surface area (Å²) in [5, 5.41) is 2.78. The molecule has 1 atom stereocenters. The van der Waals surface area contributed by atoms with Crippen molar-refractivity contribution in [3.05, 3.63) is 90.4 Å². The summed E-state index contributed by atoms with van der Waals surface area (Å²) < 4.78 is 16.5. The van der Waals surface area contributed by atoms with Crippen LogP contribution in [0.3, 0.4) is 0 Å². The predicted molar refractivity (Wildman–Crippen MR) is 130 cm³/mol. The molecule has 3 heterocycles. The van der Waals surface area contributed by atoms with Gasteiger partial charge >= 0.3 is 5.97 Å². The molecule has 8 nitrogen and oxygen atoms in total. The molecule has 0 aliphatic heterocycles. The van der Waals surface area contributed by atoms with Crippen molar-refractivity contribution >= 4 is 28.6 Å². The number of esters is 1. The lowest BCUT2D eigenvalue weighted by atomic mass is 10.1. The lowest BCUT2D eigenvalue weighted by Gasteiger charge is -2.15. The molecule has 1 unspecified atom stereocenters. The Morgan fingerprint density at radius 3 is 2.14 bits per heavy atom. The average Bonchev–Trinajstić information content (AvgIpc) is 3.59. The maximum absolute atomic E-state index is 12.8. The Balaban J connectivity index is 1.41. The highest BCUT2D eigenvalue weighted by atomic mass is 16.5. The second-order valence-electron chi connectivity index (χ2n) is 7.93. The molecular weight excluding hydrogens is 446 g/mol. The molecule has 0 fully saturated rings. The van der Waals surface area contributed by atoms with Gasteiger partial charge in [0, 0.05) is 5.69 Å². The molecule has 0 aliphatic carbocycles. The van der Waals surface area contributed by atoms with Crippen LogP contribution >= 0.6 is 0 Å². The summed E-state index contributed by atoms with van der Waals surface area (Å²) in [6.07, 6.45) is 2.11. The van der Waals surface area contributed by atoms with Gasteiger partial charge in [0.15, 0.2) is 17.6 Å². The summed E-state index contributed by atoms with van der Waals surface area (Å²) in [6.45, 7) is 3.41. The number of benzene rings is 2. The molecule has 3 aromatic heterocycles. The number of furan rings is 2. The Bertz CT molecular complexity index is 1510. The topological polar surface area (TPSA) is 107 Å². The van der Waals surface area contributed by atoms with Gasteiger partial charge in [-0.25, -0.2) is 14.8 Å². The van der Waals surface area contributed by atoms with Gasteiger partial charge in [-0.1, -0.05) is 18.2 Å². The van der Waals surface area contributed by atoms with Crippen molar-refractivity contribution < 1.29 is 23.2 Å². The standard InChI is InChI=1S/C27H21N3O5/c1-16-7-3-4-8-19(16)30-26(31)17(2)35-27(32)18-11-12-20-21(15-18)29-25(23-10-6-14-34-23)24(28-20)22-9-5-13-33-22/h3-15,17H,1-2H3,(H,30,31). The smallest absolute Gasteiger partial charge is 0.338 e. The fraction of sp³-hybridized carbons (Fsp3) is 0.111. The molecule has 0 aliphatic rings. The predicted octanol–water partition coefficient (Wildman–Crippen LogP) is 5.64. The zero-order chi connectivity index (χ0) is 24.4. The minimum absolute atomic E-state index is 0.249. The molecule has 0 spiro atoms. The molecular formula is C27H21N3O5. The van der Waals surface area contributed by atoms with Crippen LogP contribution in [-0.4, -0.2) is 27.9 Å². The van der Waals surface area contributed by atoms with Crippen molar-refractivity contribution in [2.75, 3.05) is 5.32 Å². The van der Waals surface area contributed by atoms with Gasteiger partial charge in [0.2, 0.25) is 0 Å². The van der Waals surface area contributed by atoms with Crippen molar-refractivity contribution in [2.45, 2.75) is 20.0 Å². The fourth-order valence-corrected chi connectivity index (χ4v) is 3.58. The van der Waals surface area contributed by atoms with Crippen molar-refractivity contribution in [1.82, 2.24) is 9.97 Å². The number of nitrogens with one attached hydrogen (secondary N) is 1. The number of carbonyl (C=O) groups excluding carboxylic acids is 2. The van der Waals surface area contributed by atoms with Crippen LogP contribution in [-0.2, 0) is 9.53 Å². The third-order valence-corrected chi connectivity index (χ3v) is 5.47. The lowest BCUT2D eigenvalue weighted by Crippen LogP contribution is -2.30. The monoisotopic (exact) mass is 467 g/mol. The minimum Gasteiger partial charge on any atom is -0.463 e. The summed E-state index contributed by atoms with van der Waals surface area (Å²) >= 11 is 0. The Labute approximate surface area is 200 Å². The van der Waals surface area contributed by atoms with E-state index in [1.807, 2.05) is 25.1 Å². The molecule has 8 heteroatoms. The first-order valence-corrected chi connectivity index (χ1v) is 11.0. The molecule has 0 radical (unpaired) electrons. The van der Waals surface area contributed by atoms with E-state index in [1.165, 1.54) is 6.92 Å². The molecule has 5 rings (SSSR count). The van der Waals surface area contributed by atoms with Crippen LogP contribution < -0.4 is 5.32 Å². The molecule has 35 heavy (non-hydrogen) atoms. The summed E-state index contributed by atoms with van der Waals surface area (Å²) in [7, 11) is 0. The van der Waals surface area contributed by atoms with Gasteiger partial charge in [-0.15, -0.1) is 0 Å². The van der Waals surface area contributed by atoms with E-state index in [4.69, 9.17) is 18.6 Å². The first-order valence-electron chi connectivity index (χ1n) is 11.0. The van der Waals surface area contributed by atoms with E-state index in [9.17, 15) is 9.59 Å². The summed E-state index contributed by atoms with van der Waals surface area (Å²) in [4.78, 5) is 34.7. The number of anilines is 1. The summed E-state index contributed by atoms with van der Waals surface area (Å²) in [5.74, 6) is -0.00438. The SMILES string of the molecule is Cc1ccccc1NC(=O)C(C)OC(=O)c1ccc2nc(-c3ccco3)c(-c3ccco3)nc2c1. The molecule has 174 valence electrons. The molecule has 1 N–H and O–H groups in total. The van der Waals surface area contributed by atoms with Crippen LogP contribution in [0.2, 0.25) is 0 Å². The van der Waals surface area contributed by atoms with Crippen molar-refractivity contribution in [3.8, 4) is 22.9 Å². The number of amides is 1. The van der Waals surface area contributed by atoms with Crippen LogP contribution in [0.5, 0.6) is 0 Å². The number of ether oxygens (including phenoxy) is 1. The first-order chi connectivity index (χ1) is 17.0. The molecule has 0 bridgehead atoms. The van der Waals surface area contributed by atoms with E-state index in [1.54, 1.807) is 61.1 Å². The minimum atomic E-state index is -0.996.